The van der Waals surface area contributed by atoms with E-state index in [2.05, 4.69) is 17.2 Å². The van der Waals surface area contributed by atoms with E-state index in [1.165, 1.54) is 19.3 Å². The maximum Gasteiger partial charge on any atom is 0.244 e. The van der Waals surface area contributed by atoms with Gasteiger partial charge in [0.15, 0.2) is 0 Å². The van der Waals surface area contributed by atoms with Gasteiger partial charge in [-0.25, -0.2) is 4.98 Å². The number of nitrogens with one attached hydrogen (secondary N) is 1. The van der Waals surface area contributed by atoms with E-state index in [9.17, 15) is 4.79 Å². The smallest absolute Gasteiger partial charge is 0.244 e. The number of hydrogen-bond acceptors (Lipinski definition) is 3. The third-order valence-corrected chi connectivity index (χ3v) is 5.13. The Kier molecular flexibility index (Phi) is 4.34. The quantitative estimate of drug-likeness (QED) is 0.870. The zero-order valence-electron chi connectivity index (χ0n) is 12.2. The molecule has 2 atom stereocenters. The van der Waals surface area contributed by atoms with Gasteiger partial charge in [0.25, 0.3) is 0 Å². The molecule has 21 heavy (non-hydrogen) atoms. The zero-order valence-corrected chi connectivity index (χ0v) is 13.0. The predicted octanol–water partition coefficient (Wildman–Crippen LogP) is 4.00. The number of amides is 1. The van der Waals surface area contributed by atoms with Gasteiger partial charge in [-0.1, -0.05) is 31.9 Å². The summed E-state index contributed by atoms with van der Waals surface area (Å²) in [4.78, 5) is 16.5. The van der Waals surface area contributed by atoms with E-state index >= 15 is 0 Å². The minimum atomic E-state index is -0.00648. The maximum absolute atomic E-state index is 12.0. The number of fused-ring (bicyclic) bond motifs is 1. The van der Waals surface area contributed by atoms with Gasteiger partial charge in [0.1, 0.15) is 5.01 Å². The number of hydrogen-bond donors (Lipinski definition) is 1. The van der Waals surface area contributed by atoms with Crippen LogP contribution in [0.4, 0.5) is 0 Å². The maximum atomic E-state index is 12.0. The lowest BCUT2D eigenvalue weighted by Crippen LogP contribution is -2.40. The van der Waals surface area contributed by atoms with Gasteiger partial charge in [0.05, 0.1) is 10.2 Å². The number of benzene rings is 1. The minimum Gasteiger partial charge on any atom is -0.350 e. The highest BCUT2D eigenvalue weighted by atomic mass is 32.1. The van der Waals surface area contributed by atoms with E-state index in [0.29, 0.717) is 12.0 Å². The Hall–Kier alpha value is -1.68. The number of aromatic nitrogens is 1. The first-order chi connectivity index (χ1) is 10.2. The van der Waals surface area contributed by atoms with Crippen molar-refractivity contribution in [3.8, 4) is 0 Å². The summed E-state index contributed by atoms with van der Waals surface area (Å²) in [5.74, 6) is 0.576. The van der Waals surface area contributed by atoms with Crippen LogP contribution in [0.3, 0.4) is 0 Å². The summed E-state index contributed by atoms with van der Waals surface area (Å²) >= 11 is 1.61. The summed E-state index contributed by atoms with van der Waals surface area (Å²) in [5, 5.41) is 4.00. The molecule has 0 saturated heterocycles. The average molecular weight is 300 g/mol. The average Bonchev–Trinajstić information content (AvgIpc) is 2.90. The van der Waals surface area contributed by atoms with Gasteiger partial charge >= 0.3 is 0 Å². The van der Waals surface area contributed by atoms with E-state index in [-0.39, 0.29) is 5.91 Å². The van der Waals surface area contributed by atoms with E-state index in [0.717, 1.165) is 21.6 Å². The molecule has 1 aromatic carbocycles. The predicted molar refractivity (Wildman–Crippen MR) is 88.2 cm³/mol. The first kappa shape index (κ1) is 14.3. The number of para-hydroxylation sites is 1. The highest BCUT2D eigenvalue weighted by molar-refractivity contribution is 7.19. The van der Waals surface area contributed by atoms with E-state index in [4.69, 9.17) is 0 Å². The molecule has 0 spiro atoms. The molecule has 0 aliphatic heterocycles. The van der Waals surface area contributed by atoms with Crippen molar-refractivity contribution < 1.29 is 4.79 Å². The molecule has 1 aliphatic rings. The van der Waals surface area contributed by atoms with Crippen molar-refractivity contribution in [2.45, 2.75) is 38.6 Å². The largest absolute Gasteiger partial charge is 0.350 e. The van der Waals surface area contributed by atoms with Crippen LogP contribution in [0.15, 0.2) is 30.3 Å². The molecule has 3 rings (SSSR count). The molecule has 1 aromatic heterocycles. The summed E-state index contributed by atoms with van der Waals surface area (Å²) in [7, 11) is 0. The first-order valence-corrected chi connectivity index (χ1v) is 8.38. The summed E-state index contributed by atoms with van der Waals surface area (Å²) in [6, 6.07) is 8.35. The van der Waals surface area contributed by atoms with Gasteiger partial charge in [-0.05, 0) is 37.0 Å². The van der Waals surface area contributed by atoms with Crippen molar-refractivity contribution in [3.63, 3.8) is 0 Å². The second-order valence-corrected chi connectivity index (χ2v) is 6.79. The van der Waals surface area contributed by atoms with Crippen LogP contribution in [0.1, 0.15) is 37.6 Å². The Bertz CT molecular complexity index is 629. The van der Waals surface area contributed by atoms with Crippen molar-refractivity contribution in [3.05, 3.63) is 35.3 Å². The Labute approximate surface area is 129 Å². The Morgan fingerprint density at radius 1 is 1.33 bits per heavy atom. The van der Waals surface area contributed by atoms with Crippen molar-refractivity contribution in [1.82, 2.24) is 10.3 Å². The van der Waals surface area contributed by atoms with Crippen molar-refractivity contribution >= 4 is 33.5 Å². The molecule has 0 unspecified atom stereocenters. The third kappa shape index (κ3) is 3.50. The molecule has 4 heteroatoms. The standard InChI is InChI=1S/C17H20N2OS/c1-12-6-2-3-7-13(12)18-16(20)10-11-17-19-14-8-4-5-9-15(14)21-17/h4-5,8-13H,2-3,6-7H2,1H3,(H,18,20)/b11-10+/t12-,13-/m0/s1. The number of nitrogens with zero attached hydrogens (tertiary/aromatic N) is 1. The molecule has 1 N–H and O–H groups in total. The molecule has 1 heterocycles. The zero-order chi connectivity index (χ0) is 14.7. The molecule has 2 aromatic rings. The number of rotatable bonds is 3. The SMILES string of the molecule is C[C@H]1CCCC[C@@H]1NC(=O)/C=C/c1nc2ccccc2s1. The number of carbonyl (C=O) groups excluding carboxylic acids is 1. The van der Waals surface area contributed by atoms with E-state index in [1.807, 2.05) is 30.3 Å². The number of thiazole rings is 1. The molecule has 1 aliphatic carbocycles. The second kappa shape index (κ2) is 6.39. The lowest BCUT2D eigenvalue weighted by atomic mass is 9.86. The molecule has 110 valence electrons. The number of carbonyl (C=O) groups is 1. The molecule has 1 saturated carbocycles. The fraction of sp³-hybridized carbons (Fsp3) is 0.412. The molecule has 3 nitrogen and oxygen atoms in total. The van der Waals surface area contributed by atoms with Crippen LogP contribution < -0.4 is 5.32 Å². The van der Waals surface area contributed by atoms with E-state index < -0.39 is 0 Å². The normalized spacial score (nSPS) is 22.7. The summed E-state index contributed by atoms with van der Waals surface area (Å²) < 4.78 is 1.15. The lowest BCUT2D eigenvalue weighted by molar-refractivity contribution is -0.117. The van der Waals surface area contributed by atoms with Gasteiger partial charge in [-0.3, -0.25) is 4.79 Å². The Morgan fingerprint density at radius 2 is 2.14 bits per heavy atom. The fourth-order valence-corrected chi connectivity index (χ4v) is 3.74. The van der Waals surface area contributed by atoms with Crippen LogP contribution in [-0.2, 0) is 4.79 Å². The summed E-state index contributed by atoms with van der Waals surface area (Å²) in [6.07, 6.45) is 8.24. The third-order valence-electron chi connectivity index (χ3n) is 4.13. The van der Waals surface area contributed by atoms with Crippen molar-refractivity contribution in [2.75, 3.05) is 0 Å². The van der Waals surface area contributed by atoms with Crippen molar-refractivity contribution in [2.24, 2.45) is 5.92 Å². The minimum absolute atomic E-state index is 0.00648. The van der Waals surface area contributed by atoms with E-state index in [1.54, 1.807) is 17.4 Å². The summed E-state index contributed by atoms with van der Waals surface area (Å²) in [6.45, 7) is 2.22. The molecule has 0 radical (unpaired) electrons. The fourth-order valence-electron chi connectivity index (χ4n) is 2.87. The first-order valence-electron chi connectivity index (χ1n) is 7.56. The monoisotopic (exact) mass is 300 g/mol. The molecular weight excluding hydrogens is 280 g/mol. The van der Waals surface area contributed by atoms with Crippen LogP contribution in [0.5, 0.6) is 0 Å². The molecule has 1 amide bonds. The van der Waals surface area contributed by atoms with Crippen LogP contribution in [0.25, 0.3) is 16.3 Å². The van der Waals surface area contributed by atoms with Crippen LogP contribution >= 0.6 is 11.3 Å². The van der Waals surface area contributed by atoms with Gasteiger partial charge in [-0.2, -0.15) is 0 Å². The molecule has 0 bridgehead atoms. The van der Waals surface area contributed by atoms with Crippen molar-refractivity contribution in [1.29, 1.82) is 0 Å². The topological polar surface area (TPSA) is 42.0 Å². The van der Waals surface area contributed by atoms with Crippen LogP contribution in [0, 0.1) is 5.92 Å². The highest BCUT2D eigenvalue weighted by Crippen LogP contribution is 2.24. The van der Waals surface area contributed by atoms with Gasteiger partial charge in [-0.15, -0.1) is 11.3 Å². The molecule has 1 fully saturated rings. The highest BCUT2D eigenvalue weighted by Gasteiger charge is 2.21. The van der Waals surface area contributed by atoms with Gasteiger partial charge < -0.3 is 5.32 Å². The molecular formula is C17H20N2OS. The second-order valence-electron chi connectivity index (χ2n) is 5.73. The lowest BCUT2D eigenvalue weighted by Gasteiger charge is -2.29. The van der Waals surface area contributed by atoms with Gasteiger partial charge in [0.2, 0.25) is 5.91 Å². The van der Waals surface area contributed by atoms with Gasteiger partial charge in [0, 0.05) is 12.1 Å². The Balaban J connectivity index is 1.63. The van der Waals surface area contributed by atoms with Crippen LogP contribution in [0.2, 0.25) is 0 Å². The Morgan fingerprint density at radius 3 is 2.95 bits per heavy atom. The summed E-state index contributed by atoms with van der Waals surface area (Å²) in [5.41, 5.74) is 0.989. The van der Waals surface area contributed by atoms with Crippen LogP contribution in [-0.4, -0.2) is 16.9 Å².